The zero-order chi connectivity index (χ0) is 18.4. The molecule has 26 heavy (non-hydrogen) atoms. The van der Waals surface area contributed by atoms with E-state index < -0.39 is 0 Å². The van der Waals surface area contributed by atoms with Crippen LogP contribution in [0.25, 0.3) is 0 Å². The molecule has 1 aromatic rings. The van der Waals surface area contributed by atoms with Crippen LogP contribution < -0.4 is 9.64 Å². The average molecular weight is 357 g/mol. The van der Waals surface area contributed by atoms with Gasteiger partial charge in [0.2, 0.25) is 11.8 Å². The zero-order valence-corrected chi connectivity index (χ0v) is 15.1. The number of rotatable bonds is 2. The lowest BCUT2D eigenvalue weighted by Crippen LogP contribution is -2.53. The molecule has 3 aliphatic rings. The molecule has 2 atom stereocenters. The molecule has 0 bridgehead atoms. The van der Waals surface area contributed by atoms with E-state index in [9.17, 15) is 14.4 Å². The van der Waals surface area contributed by atoms with Crippen molar-refractivity contribution in [3.63, 3.8) is 0 Å². The molecular weight excluding hydrogens is 334 g/mol. The summed E-state index contributed by atoms with van der Waals surface area (Å²) in [7, 11) is 1.81. The molecule has 7 heteroatoms. The Hall–Kier alpha value is -2.57. The van der Waals surface area contributed by atoms with E-state index in [4.69, 9.17) is 4.74 Å². The fraction of sp³-hybridized carbons (Fsp3) is 0.526. The summed E-state index contributed by atoms with van der Waals surface area (Å²) >= 11 is 0. The van der Waals surface area contributed by atoms with Crippen molar-refractivity contribution in [2.75, 3.05) is 38.2 Å². The zero-order valence-electron chi connectivity index (χ0n) is 15.1. The second kappa shape index (κ2) is 6.30. The first-order valence-corrected chi connectivity index (χ1v) is 9.01. The maximum atomic E-state index is 12.9. The van der Waals surface area contributed by atoms with Gasteiger partial charge in [-0.1, -0.05) is 6.07 Å². The number of carbonyl (C=O) groups is 3. The number of piperidine rings is 1. The first-order valence-electron chi connectivity index (χ1n) is 9.01. The second-order valence-electron chi connectivity index (χ2n) is 7.40. The molecule has 1 aromatic carbocycles. The monoisotopic (exact) mass is 357 g/mol. The number of benzene rings is 1. The predicted octanol–water partition coefficient (Wildman–Crippen LogP) is 0.800. The van der Waals surface area contributed by atoms with E-state index in [-0.39, 0.29) is 36.9 Å². The molecule has 0 spiro atoms. The van der Waals surface area contributed by atoms with Crippen LogP contribution in [-0.2, 0) is 14.4 Å². The smallest absolute Gasteiger partial charge is 0.265 e. The van der Waals surface area contributed by atoms with Gasteiger partial charge in [0.15, 0.2) is 6.61 Å². The highest BCUT2D eigenvalue weighted by molar-refractivity contribution is 6.02. The minimum Gasteiger partial charge on any atom is -0.482 e. The molecule has 0 saturated carbocycles. The third-order valence-electron chi connectivity index (χ3n) is 5.75. The number of carbonyl (C=O) groups excluding carboxylic acids is 3. The van der Waals surface area contributed by atoms with Crippen molar-refractivity contribution < 1.29 is 19.1 Å². The molecule has 2 saturated heterocycles. The van der Waals surface area contributed by atoms with Crippen molar-refractivity contribution in [3.8, 4) is 5.75 Å². The maximum Gasteiger partial charge on any atom is 0.265 e. The average Bonchev–Trinajstić information content (AvgIpc) is 2.91. The van der Waals surface area contributed by atoms with Crippen LogP contribution in [0.2, 0.25) is 0 Å². The van der Waals surface area contributed by atoms with Gasteiger partial charge >= 0.3 is 0 Å². The summed E-state index contributed by atoms with van der Waals surface area (Å²) in [6.07, 6.45) is 1.41. The third-order valence-corrected chi connectivity index (χ3v) is 5.75. The molecular formula is C19H23N3O4. The number of aryl methyl sites for hydroxylation is 1. The van der Waals surface area contributed by atoms with Gasteiger partial charge in [-0.25, -0.2) is 0 Å². The Morgan fingerprint density at radius 3 is 2.88 bits per heavy atom. The standard InChI is InChI=1S/C19H23N3O4/c1-12-3-4-16-14(7-12)22(19(25)11-26-16)10-18(24)21-6-5-13-8-17(23)20(2)15(13)9-21/h3-4,7,13,15H,5-6,8-11H2,1-2H3/t13-,15-/m1/s1. The van der Waals surface area contributed by atoms with Crippen LogP contribution in [0.4, 0.5) is 5.69 Å². The van der Waals surface area contributed by atoms with Crippen LogP contribution in [0.15, 0.2) is 18.2 Å². The fourth-order valence-corrected chi connectivity index (χ4v) is 4.16. The number of hydrogen-bond donors (Lipinski definition) is 0. The van der Waals surface area contributed by atoms with E-state index in [0.29, 0.717) is 36.9 Å². The number of nitrogens with zero attached hydrogens (tertiary/aromatic N) is 3. The lowest BCUT2D eigenvalue weighted by Gasteiger charge is -2.38. The SMILES string of the molecule is Cc1ccc2c(c1)N(CC(=O)N1CC[C@@H]3CC(=O)N(C)[C@@H]3C1)C(=O)CO2. The number of likely N-dealkylation sites (N-methyl/N-ethyl adjacent to an activating group) is 1. The van der Waals surface area contributed by atoms with Gasteiger partial charge in [0, 0.05) is 26.6 Å². The number of hydrogen-bond acceptors (Lipinski definition) is 4. The molecule has 4 rings (SSSR count). The summed E-state index contributed by atoms with van der Waals surface area (Å²) in [6, 6.07) is 5.72. The van der Waals surface area contributed by atoms with E-state index >= 15 is 0 Å². The lowest BCUT2D eigenvalue weighted by molar-refractivity contribution is -0.135. The van der Waals surface area contributed by atoms with E-state index in [0.717, 1.165) is 12.0 Å². The Balaban J connectivity index is 1.49. The molecule has 138 valence electrons. The molecule has 2 fully saturated rings. The molecule has 3 aliphatic heterocycles. The maximum absolute atomic E-state index is 12.9. The molecule has 0 radical (unpaired) electrons. The summed E-state index contributed by atoms with van der Waals surface area (Å²) in [5, 5.41) is 0. The van der Waals surface area contributed by atoms with E-state index in [2.05, 4.69) is 0 Å². The highest BCUT2D eigenvalue weighted by Crippen LogP contribution is 2.34. The van der Waals surface area contributed by atoms with Gasteiger partial charge in [0.25, 0.3) is 5.91 Å². The summed E-state index contributed by atoms with van der Waals surface area (Å²) in [5.74, 6) is 0.827. The van der Waals surface area contributed by atoms with Gasteiger partial charge in [-0.05, 0) is 37.0 Å². The topological polar surface area (TPSA) is 70.2 Å². The van der Waals surface area contributed by atoms with Crippen molar-refractivity contribution in [2.24, 2.45) is 5.92 Å². The van der Waals surface area contributed by atoms with Gasteiger partial charge in [-0.15, -0.1) is 0 Å². The number of amides is 3. The predicted molar refractivity (Wildman–Crippen MR) is 94.9 cm³/mol. The quantitative estimate of drug-likeness (QED) is 0.785. The van der Waals surface area contributed by atoms with Crippen molar-refractivity contribution >= 4 is 23.4 Å². The van der Waals surface area contributed by atoms with E-state index in [1.807, 2.05) is 32.2 Å². The third kappa shape index (κ3) is 2.81. The minimum absolute atomic E-state index is 0.00763. The fourth-order valence-electron chi connectivity index (χ4n) is 4.16. The van der Waals surface area contributed by atoms with Gasteiger partial charge in [-0.2, -0.15) is 0 Å². The van der Waals surface area contributed by atoms with E-state index in [1.165, 1.54) is 4.90 Å². The van der Waals surface area contributed by atoms with Crippen LogP contribution in [0, 0.1) is 12.8 Å². The van der Waals surface area contributed by atoms with Crippen LogP contribution in [-0.4, -0.2) is 66.9 Å². The lowest BCUT2D eigenvalue weighted by atomic mass is 9.92. The van der Waals surface area contributed by atoms with Gasteiger partial charge in [0.1, 0.15) is 12.3 Å². The molecule has 0 N–H and O–H groups in total. The molecule has 0 aromatic heterocycles. The molecule has 0 aliphatic carbocycles. The van der Waals surface area contributed by atoms with Crippen LogP contribution >= 0.6 is 0 Å². The van der Waals surface area contributed by atoms with Gasteiger partial charge in [0.05, 0.1) is 11.7 Å². The van der Waals surface area contributed by atoms with Crippen LogP contribution in [0.3, 0.4) is 0 Å². The highest BCUT2D eigenvalue weighted by Gasteiger charge is 2.42. The van der Waals surface area contributed by atoms with Gasteiger partial charge < -0.3 is 14.5 Å². The number of ether oxygens (including phenoxy) is 1. The van der Waals surface area contributed by atoms with Crippen molar-refractivity contribution in [3.05, 3.63) is 23.8 Å². The summed E-state index contributed by atoms with van der Waals surface area (Å²) < 4.78 is 5.47. The Labute approximate surface area is 152 Å². The van der Waals surface area contributed by atoms with Gasteiger partial charge in [-0.3, -0.25) is 19.3 Å². The largest absolute Gasteiger partial charge is 0.482 e. The Morgan fingerprint density at radius 2 is 2.08 bits per heavy atom. The summed E-state index contributed by atoms with van der Waals surface area (Å²) in [6.45, 7) is 3.08. The second-order valence-corrected chi connectivity index (χ2v) is 7.40. The molecule has 3 heterocycles. The molecule has 7 nitrogen and oxygen atoms in total. The first kappa shape index (κ1) is 16.9. The summed E-state index contributed by atoms with van der Waals surface area (Å²) in [5.41, 5.74) is 1.66. The van der Waals surface area contributed by atoms with Crippen LogP contribution in [0.1, 0.15) is 18.4 Å². The van der Waals surface area contributed by atoms with Crippen molar-refractivity contribution in [1.82, 2.24) is 9.80 Å². The summed E-state index contributed by atoms with van der Waals surface area (Å²) in [4.78, 5) is 42.2. The molecule has 3 amide bonds. The number of likely N-dealkylation sites (tertiary alicyclic amines) is 2. The normalized spacial score (nSPS) is 25.1. The Kier molecular flexibility index (Phi) is 4.09. The molecule has 0 unspecified atom stereocenters. The van der Waals surface area contributed by atoms with E-state index in [1.54, 1.807) is 9.80 Å². The highest BCUT2D eigenvalue weighted by atomic mass is 16.5. The van der Waals surface area contributed by atoms with Crippen LogP contribution in [0.5, 0.6) is 5.75 Å². The number of fused-ring (bicyclic) bond motifs is 2. The first-order chi connectivity index (χ1) is 12.4. The Bertz CT molecular complexity index is 778. The Morgan fingerprint density at radius 1 is 1.27 bits per heavy atom. The number of anilines is 1. The van der Waals surface area contributed by atoms with Crippen molar-refractivity contribution in [1.29, 1.82) is 0 Å². The minimum atomic E-state index is -0.209. The van der Waals surface area contributed by atoms with Crippen molar-refractivity contribution in [2.45, 2.75) is 25.8 Å².